The van der Waals surface area contributed by atoms with Crippen LogP contribution in [0, 0.1) is 74.4 Å². The molecule has 0 amide bonds. The van der Waals surface area contributed by atoms with Gasteiger partial charge in [0.05, 0.1) is 12.2 Å². The summed E-state index contributed by atoms with van der Waals surface area (Å²) < 4.78 is 0. The Morgan fingerprint density at radius 1 is 0.595 bits per heavy atom. The highest BCUT2D eigenvalue weighted by atomic mass is 16.3. The SMILES string of the molecule is C[C@]12C(CC[C@@H]3[C@@H]1CC[C@]1(C)[C@@H](O)CC[C@@H]31)CC(=O)CC2C12CC[C@H]3[C@@H]4CC[C@H](O)[C@@]4(C)CC[C@@H]3[C@@]1(C)CCC(=O)C2. The fourth-order valence-electron chi connectivity index (χ4n) is 15.7. The Morgan fingerprint density at radius 2 is 1.21 bits per heavy atom. The number of aliphatic hydroxyl groups excluding tert-OH is 2. The fourth-order valence-corrected chi connectivity index (χ4v) is 15.7. The smallest absolute Gasteiger partial charge is 0.133 e. The summed E-state index contributed by atoms with van der Waals surface area (Å²) in [7, 11) is 0. The van der Waals surface area contributed by atoms with E-state index in [1.165, 1.54) is 32.1 Å². The van der Waals surface area contributed by atoms with Crippen molar-refractivity contribution in [3.05, 3.63) is 0 Å². The summed E-state index contributed by atoms with van der Waals surface area (Å²) in [6, 6.07) is 0. The van der Waals surface area contributed by atoms with Gasteiger partial charge < -0.3 is 10.2 Å². The molecule has 234 valence electrons. The molecule has 8 aliphatic carbocycles. The van der Waals surface area contributed by atoms with Gasteiger partial charge in [-0.1, -0.05) is 27.7 Å². The van der Waals surface area contributed by atoms with Crippen molar-refractivity contribution in [2.45, 2.75) is 149 Å². The summed E-state index contributed by atoms with van der Waals surface area (Å²) in [5.41, 5.74) is 0.251. The minimum Gasteiger partial charge on any atom is -0.393 e. The molecule has 0 bridgehead atoms. The van der Waals surface area contributed by atoms with Crippen LogP contribution in [0.4, 0.5) is 0 Å². The minimum atomic E-state index is -0.156. The van der Waals surface area contributed by atoms with Gasteiger partial charge in [0.2, 0.25) is 0 Å². The number of carbonyl (C=O) groups is 2. The summed E-state index contributed by atoms with van der Waals surface area (Å²) in [4.78, 5) is 27.4. The molecular weight excluding hydrogens is 520 g/mol. The lowest BCUT2D eigenvalue weighted by molar-refractivity contribution is -0.237. The van der Waals surface area contributed by atoms with Crippen LogP contribution >= 0.6 is 0 Å². The lowest BCUT2D eigenvalue weighted by Gasteiger charge is -2.72. The van der Waals surface area contributed by atoms with E-state index in [-0.39, 0.29) is 39.3 Å². The molecule has 8 fully saturated rings. The topological polar surface area (TPSA) is 74.6 Å². The van der Waals surface area contributed by atoms with Crippen molar-refractivity contribution >= 4 is 11.6 Å². The van der Waals surface area contributed by atoms with E-state index in [0.29, 0.717) is 71.8 Å². The van der Waals surface area contributed by atoms with E-state index in [1.54, 1.807) is 0 Å². The standard InChI is InChI=1S/C38H58O4/c1-34-15-13-29-26(28(34)8-10-32(34)41)12-18-38(21-23(39)11-17-36(29,38)3)31-20-24(40)19-22-5-6-25-27-7-9-33(42)35(27,2)16-14-30(25)37(22,31)4/h22,25-33,41-42H,5-21H2,1-4H3/t22?,25-,26-,27-,28-,29-,30-,31?,32-,33-,34-,35-,36+,37-,38?/m0/s1. The predicted octanol–water partition coefficient (Wildman–Crippen LogP) is 7.53. The summed E-state index contributed by atoms with van der Waals surface area (Å²) in [5, 5.41) is 22.2. The van der Waals surface area contributed by atoms with E-state index in [2.05, 4.69) is 27.7 Å². The van der Waals surface area contributed by atoms with E-state index in [4.69, 9.17) is 0 Å². The maximum Gasteiger partial charge on any atom is 0.133 e. The Balaban J connectivity index is 1.22. The predicted molar refractivity (Wildman–Crippen MR) is 163 cm³/mol. The van der Waals surface area contributed by atoms with Crippen molar-refractivity contribution in [2.24, 2.45) is 74.4 Å². The number of fused-ring (bicyclic) bond motifs is 10. The molecule has 8 aliphatic rings. The molecule has 42 heavy (non-hydrogen) atoms. The molecule has 15 atom stereocenters. The van der Waals surface area contributed by atoms with Crippen LogP contribution in [0.15, 0.2) is 0 Å². The quantitative estimate of drug-likeness (QED) is 0.337. The molecule has 3 unspecified atom stereocenters. The molecule has 0 aromatic heterocycles. The Hall–Kier alpha value is -0.740. The molecule has 0 spiro atoms. The van der Waals surface area contributed by atoms with Crippen LogP contribution in [0.3, 0.4) is 0 Å². The van der Waals surface area contributed by atoms with Crippen molar-refractivity contribution in [2.75, 3.05) is 0 Å². The van der Waals surface area contributed by atoms with Crippen LogP contribution in [-0.2, 0) is 9.59 Å². The van der Waals surface area contributed by atoms with E-state index in [0.717, 1.165) is 64.2 Å². The van der Waals surface area contributed by atoms with Crippen molar-refractivity contribution in [1.29, 1.82) is 0 Å². The number of ketones is 2. The summed E-state index contributed by atoms with van der Waals surface area (Å²) in [6.45, 7) is 10.00. The maximum atomic E-state index is 13.8. The van der Waals surface area contributed by atoms with Crippen LogP contribution in [0.1, 0.15) is 137 Å². The highest BCUT2D eigenvalue weighted by molar-refractivity contribution is 5.82. The Bertz CT molecular complexity index is 1160. The molecule has 0 aromatic carbocycles. The molecule has 0 heterocycles. The highest BCUT2D eigenvalue weighted by Crippen LogP contribution is 2.77. The third kappa shape index (κ3) is 3.39. The van der Waals surface area contributed by atoms with Crippen molar-refractivity contribution in [3.63, 3.8) is 0 Å². The summed E-state index contributed by atoms with van der Waals surface area (Å²) >= 11 is 0. The van der Waals surface area contributed by atoms with E-state index < -0.39 is 0 Å². The zero-order valence-electron chi connectivity index (χ0n) is 27.0. The third-order valence-electron chi connectivity index (χ3n) is 17.9. The molecule has 0 aliphatic heterocycles. The van der Waals surface area contributed by atoms with Crippen LogP contribution < -0.4 is 0 Å². The summed E-state index contributed by atoms with van der Waals surface area (Å²) in [5.74, 6) is 5.46. The lowest BCUT2D eigenvalue weighted by Crippen LogP contribution is -2.67. The van der Waals surface area contributed by atoms with E-state index in [1.807, 2.05) is 0 Å². The van der Waals surface area contributed by atoms with Gasteiger partial charge in [-0.25, -0.2) is 0 Å². The van der Waals surface area contributed by atoms with Crippen molar-refractivity contribution in [1.82, 2.24) is 0 Å². The third-order valence-corrected chi connectivity index (χ3v) is 17.9. The van der Waals surface area contributed by atoms with Gasteiger partial charge >= 0.3 is 0 Å². The first kappa shape index (κ1) is 28.7. The molecule has 8 saturated carbocycles. The number of carbonyl (C=O) groups excluding carboxylic acids is 2. The second-order valence-electron chi connectivity index (χ2n) is 18.5. The average Bonchev–Trinajstić information content (AvgIpc) is 3.43. The lowest BCUT2D eigenvalue weighted by atomic mass is 9.32. The van der Waals surface area contributed by atoms with Gasteiger partial charge in [0, 0.05) is 25.7 Å². The fraction of sp³-hybridized carbons (Fsp3) is 0.947. The zero-order valence-corrected chi connectivity index (χ0v) is 27.0. The molecule has 4 nitrogen and oxygen atoms in total. The second kappa shape index (κ2) is 9.17. The van der Waals surface area contributed by atoms with Gasteiger partial charge in [0.1, 0.15) is 11.6 Å². The van der Waals surface area contributed by atoms with Crippen LogP contribution in [0.2, 0.25) is 0 Å². The first-order valence-corrected chi connectivity index (χ1v) is 18.3. The molecule has 8 rings (SSSR count). The summed E-state index contributed by atoms with van der Waals surface area (Å²) in [6.07, 6.45) is 17.1. The number of rotatable bonds is 1. The zero-order chi connectivity index (χ0) is 29.4. The monoisotopic (exact) mass is 578 g/mol. The van der Waals surface area contributed by atoms with Crippen molar-refractivity contribution < 1.29 is 19.8 Å². The normalized spacial score (nSPS) is 60.5. The molecule has 2 N–H and O–H groups in total. The molecule has 0 saturated heterocycles. The first-order chi connectivity index (χ1) is 19.9. The average molecular weight is 579 g/mol. The van der Waals surface area contributed by atoms with E-state index in [9.17, 15) is 19.8 Å². The first-order valence-electron chi connectivity index (χ1n) is 18.3. The van der Waals surface area contributed by atoms with Crippen LogP contribution in [0.25, 0.3) is 0 Å². The second-order valence-corrected chi connectivity index (χ2v) is 18.5. The van der Waals surface area contributed by atoms with Gasteiger partial charge in [-0.15, -0.1) is 0 Å². The van der Waals surface area contributed by atoms with Gasteiger partial charge in [0.25, 0.3) is 0 Å². The molecule has 0 aromatic rings. The maximum absolute atomic E-state index is 13.8. The number of Topliss-reactive ketones (excluding diaryl/α,β-unsaturated/α-hetero) is 2. The highest BCUT2D eigenvalue weighted by Gasteiger charge is 2.72. The number of hydrogen-bond acceptors (Lipinski definition) is 4. The molecular formula is C38H58O4. The van der Waals surface area contributed by atoms with Crippen LogP contribution in [-0.4, -0.2) is 34.0 Å². The van der Waals surface area contributed by atoms with Crippen LogP contribution in [0.5, 0.6) is 0 Å². The largest absolute Gasteiger partial charge is 0.393 e. The van der Waals surface area contributed by atoms with Gasteiger partial charge in [-0.05, 0) is 158 Å². The number of hydrogen-bond donors (Lipinski definition) is 2. The van der Waals surface area contributed by atoms with Gasteiger partial charge in [-0.3, -0.25) is 9.59 Å². The van der Waals surface area contributed by atoms with Crippen molar-refractivity contribution in [3.8, 4) is 0 Å². The number of aliphatic hydroxyl groups is 2. The minimum absolute atomic E-state index is 0.0661. The van der Waals surface area contributed by atoms with Gasteiger partial charge in [0.15, 0.2) is 0 Å². The van der Waals surface area contributed by atoms with Gasteiger partial charge in [-0.2, -0.15) is 0 Å². The Morgan fingerprint density at radius 3 is 1.88 bits per heavy atom. The molecule has 0 radical (unpaired) electrons. The van der Waals surface area contributed by atoms with E-state index >= 15 is 0 Å². The molecule has 4 heteroatoms. The Kier molecular flexibility index (Phi) is 6.27. The Labute approximate surface area is 254 Å².